The molecule has 0 aliphatic heterocycles. The van der Waals surface area contributed by atoms with Gasteiger partial charge < -0.3 is 9.13 Å². The fourth-order valence-electron chi connectivity index (χ4n) is 6.35. The van der Waals surface area contributed by atoms with Crippen molar-refractivity contribution >= 4 is 43.6 Å². The smallest absolute Gasteiger partial charge is 0.309 e. The average Bonchev–Trinajstić information content (AvgIpc) is 3.54. The molecule has 0 bridgehead atoms. The second-order valence-corrected chi connectivity index (χ2v) is 10.5. The fraction of sp³-hybridized carbons (Fsp3) is 0.0270. The van der Waals surface area contributed by atoms with Crippen LogP contribution in [0.1, 0.15) is 5.56 Å². The molecule has 2 nitrogen and oxygen atoms in total. The number of alkyl halides is 3. The van der Waals surface area contributed by atoms with Gasteiger partial charge in [0, 0.05) is 32.9 Å². The third-order valence-electron chi connectivity index (χ3n) is 8.16. The first-order valence-electron chi connectivity index (χ1n) is 13.8. The molecule has 2 aromatic heterocycles. The normalized spacial score (nSPS) is 12.2. The van der Waals surface area contributed by atoms with E-state index in [1.54, 1.807) is 24.3 Å². The summed E-state index contributed by atoms with van der Waals surface area (Å²) in [6.07, 6.45) is -4.50. The Morgan fingerprint density at radius 3 is 1.21 bits per heavy atom. The first kappa shape index (κ1) is 24.5. The van der Waals surface area contributed by atoms with Gasteiger partial charge in [0.15, 0.2) is 0 Å². The number of hydrogen-bond acceptors (Lipinski definition) is 0. The van der Waals surface area contributed by atoms with E-state index in [0.29, 0.717) is 11.3 Å². The third-order valence-corrected chi connectivity index (χ3v) is 8.16. The zero-order valence-electron chi connectivity index (χ0n) is 22.3. The molecule has 0 fully saturated rings. The van der Waals surface area contributed by atoms with Crippen molar-refractivity contribution < 1.29 is 13.2 Å². The van der Waals surface area contributed by atoms with E-state index in [0.717, 1.165) is 49.3 Å². The van der Waals surface area contributed by atoms with Crippen LogP contribution in [0.3, 0.4) is 0 Å². The van der Waals surface area contributed by atoms with E-state index in [9.17, 15) is 13.2 Å². The molecular weight excluding hydrogens is 529 g/mol. The van der Waals surface area contributed by atoms with Gasteiger partial charge in [-0.1, -0.05) is 84.9 Å². The predicted octanol–water partition coefficient (Wildman–Crippen LogP) is 10.6. The first-order valence-corrected chi connectivity index (χ1v) is 13.8. The zero-order valence-corrected chi connectivity index (χ0v) is 22.3. The van der Waals surface area contributed by atoms with Crippen LogP contribution in [0.4, 0.5) is 13.2 Å². The standard InChI is InChI=1S/C37H23F3N2/c38-37(39,40)32-22-21-26(42-35-15-7-3-11-29(35)30-12-4-8-16-36(30)42)23-31(32)24-17-19-25(20-18-24)41-33-13-5-1-9-27(33)28-10-2-6-14-34(28)41/h1-23H. The highest BCUT2D eigenvalue weighted by molar-refractivity contribution is 6.10. The summed E-state index contributed by atoms with van der Waals surface area (Å²) in [4.78, 5) is 0. The summed E-state index contributed by atoms with van der Waals surface area (Å²) in [6.45, 7) is 0. The van der Waals surface area contributed by atoms with Gasteiger partial charge in [0.1, 0.15) is 0 Å². The highest BCUT2D eigenvalue weighted by Gasteiger charge is 2.34. The molecule has 0 radical (unpaired) electrons. The molecule has 0 N–H and O–H groups in total. The van der Waals surface area contributed by atoms with Gasteiger partial charge in [0.2, 0.25) is 0 Å². The van der Waals surface area contributed by atoms with Gasteiger partial charge >= 0.3 is 6.18 Å². The lowest BCUT2D eigenvalue weighted by atomic mass is 9.98. The van der Waals surface area contributed by atoms with Gasteiger partial charge in [-0.3, -0.25) is 0 Å². The van der Waals surface area contributed by atoms with Crippen LogP contribution in [0.2, 0.25) is 0 Å². The van der Waals surface area contributed by atoms with Crippen LogP contribution in [0.5, 0.6) is 0 Å². The van der Waals surface area contributed by atoms with Crippen molar-refractivity contribution in [1.29, 1.82) is 0 Å². The maximum absolute atomic E-state index is 14.4. The Bertz CT molecular complexity index is 2180. The van der Waals surface area contributed by atoms with Crippen molar-refractivity contribution in [2.45, 2.75) is 6.18 Å². The van der Waals surface area contributed by atoms with Crippen LogP contribution in [-0.4, -0.2) is 9.13 Å². The second kappa shape index (κ2) is 9.11. The van der Waals surface area contributed by atoms with Crippen LogP contribution in [0.15, 0.2) is 140 Å². The quantitative estimate of drug-likeness (QED) is 0.206. The minimum Gasteiger partial charge on any atom is -0.309 e. The minimum absolute atomic E-state index is 0.149. The summed E-state index contributed by atoms with van der Waals surface area (Å²) >= 11 is 0. The van der Waals surface area contributed by atoms with E-state index in [-0.39, 0.29) is 5.56 Å². The highest BCUT2D eigenvalue weighted by Crippen LogP contribution is 2.41. The highest BCUT2D eigenvalue weighted by atomic mass is 19.4. The van der Waals surface area contributed by atoms with Crippen molar-refractivity contribution in [3.05, 3.63) is 145 Å². The molecule has 2 heterocycles. The van der Waals surface area contributed by atoms with Crippen molar-refractivity contribution in [2.24, 2.45) is 0 Å². The van der Waals surface area contributed by atoms with Crippen LogP contribution in [-0.2, 0) is 6.18 Å². The number of rotatable bonds is 3. The van der Waals surface area contributed by atoms with E-state index < -0.39 is 11.7 Å². The third kappa shape index (κ3) is 3.67. The van der Waals surface area contributed by atoms with E-state index >= 15 is 0 Å². The Labute approximate surface area is 239 Å². The molecule has 0 spiro atoms. The monoisotopic (exact) mass is 552 g/mol. The number of aromatic nitrogens is 2. The Morgan fingerprint density at radius 1 is 0.405 bits per heavy atom. The number of nitrogens with zero attached hydrogens (tertiary/aromatic N) is 2. The molecule has 0 aliphatic carbocycles. The Hall–Kier alpha value is -5.29. The Balaban J connectivity index is 1.32. The largest absolute Gasteiger partial charge is 0.417 e. The molecule has 0 saturated carbocycles. The minimum atomic E-state index is -4.50. The molecule has 202 valence electrons. The van der Waals surface area contributed by atoms with Crippen LogP contribution < -0.4 is 0 Å². The molecule has 0 saturated heterocycles. The molecule has 0 aliphatic rings. The van der Waals surface area contributed by atoms with Gasteiger partial charge in [-0.05, 0) is 65.7 Å². The van der Waals surface area contributed by atoms with Gasteiger partial charge in [-0.25, -0.2) is 0 Å². The van der Waals surface area contributed by atoms with Gasteiger partial charge in [-0.2, -0.15) is 13.2 Å². The molecular formula is C37H23F3N2. The number of fused-ring (bicyclic) bond motifs is 6. The molecule has 0 unspecified atom stereocenters. The Morgan fingerprint density at radius 2 is 0.786 bits per heavy atom. The summed E-state index contributed by atoms with van der Waals surface area (Å²) in [5, 5.41) is 4.39. The number of halogens is 3. The maximum atomic E-state index is 14.4. The van der Waals surface area contributed by atoms with Crippen molar-refractivity contribution in [3.63, 3.8) is 0 Å². The predicted molar refractivity (Wildman–Crippen MR) is 166 cm³/mol. The molecule has 0 amide bonds. The number of para-hydroxylation sites is 4. The lowest BCUT2D eigenvalue weighted by Crippen LogP contribution is -2.08. The van der Waals surface area contributed by atoms with Crippen LogP contribution >= 0.6 is 0 Å². The zero-order chi connectivity index (χ0) is 28.4. The Kier molecular flexibility index (Phi) is 5.32. The molecule has 0 atom stereocenters. The van der Waals surface area contributed by atoms with Crippen molar-refractivity contribution in [2.75, 3.05) is 0 Å². The van der Waals surface area contributed by atoms with Crippen molar-refractivity contribution in [1.82, 2.24) is 9.13 Å². The first-order chi connectivity index (χ1) is 20.5. The van der Waals surface area contributed by atoms with E-state index in [2.05, 4.69) is 28.8 Å². The lowest BCUT2D eigenvalue weighted by molar-refractivity contribution is -0.137. The summed E-state index contributed by atoms with van der Waals surface area (Å²) in [6, 6.07) is 44.2. The van der Waals surface area contributed by atoms with E-state index in [1.807, 2.05) is 89.5 Å². The van der Waals surface area contributed by atoms with E-state index in [1.165, 1.54) is 6.07 Å². The van der Waals surface area contributed by atoms with Crippen molar-refractivity contribution in [3.8, 4) is 22.5 Å². The maximum Gasteiger partial charge on any atom is 0.417 e. The average molecular weight is 553 g/mol. The van der Waals surface area contributed by atoms with Gasteiger partial charge in [-0.15, -0.1) is 0 Å². The fourth-order valence-corrected chi connectivity index (χ4v) is 6.35. The molecule has 42 heavy (non-hydrogen) atoms. The molecule has 5 heteroatoms. The second-order valence-electron chi connectivity index (χ2n) is 10.5. The number of benzene rings is 6. The van der Waals surface area contributed by atoms with Crippen LogP contribution in [0, 0.1) is 0 Å². The summed E-state index contributed by atoms with van der Waals surface area (Å²) in [5.74, 6) is 0. The SMILES string of the molecule is FC(F)(F)c1ccc(-n2c3ccccc3c3ccccc32)cc1-c1ccc(-n2c3ccccc3c3ccccc32)cc1. The molecule has 8 rings (SSSR count). The topological polar surface area (TPSA) is 9.86 Å². The molecule has 8 aromatic rings. The number of hydrogen-bond donors (Lipinski definition) is 0. The van der Waals surface area contributed by atoms with E-state index in [4.69, 9.17) is 0 Å². The lowest BCUT2D eigenvalue weighted by Gasteiger charge is -2.17. The summed E-state index contributed by atoms with van der Waals surface area (Å²) in [5.41, 5.74) is 5.58. The molecule has 6 aromatic carbocycles. The van der Waals surface area contributed by atoms with Gasteiger partial charge in [0.05, 0.1) is 27.6 Å². The summed E-state index contributed by atoms with van der Waals surface area (Å²) in [7, 11) is 0. The van der Waals surface area contributed by atoms with Gasteiger partial charge in [0.25, 0.3) is 0 Å². The van der Waals surface area contributed by atoms with Crippen LogP contribution in [0.25, 0.3) is 66.1 Å². The summed E-state index contributed by atoms with van der Waals surface area (Å²) < 4.78 is 47.3.